The summed E-state index contributed by atoms with van der Waals surface area (Å²) in [4.78, 5) is 29.2. The van der Waals surface area contributed by atoms with Crippen molar-refractivity contribution in [3.05, 3.63) is 59.9 Å². The van der Waals surface area contributed by atoms with Gasteiger partial charge in [0.1, 0.15) is 18.4 Å². The number of anilines is 1. The van der Waals surface area contributed by atoms with Crippen LogP contribution in [-0.4, -0.2) is 44.1 Å². The largest absolute Gasteiger partial charge is 0.416 e. The van der Waals surface area contributed by atoms with Crippen LogP contribution in [0.3, 0.4) is 0 Å². The molecule has 1 N–H and O–H groups in total. The lowest BCUT2D eigenvalue weighted by molar-refractivity contribution is -0.137. The van der Waals surface area contributed by atoms with Crippen LogP contribution in [0.25, 0.3) is 11.4 Å². The first-order chi connectivity index (χ1) is 18.7. The monoisotopic (exact) mass is 546 g/mol. The summed E-state index contributed by atoms with van der Waals surface area (Å²) in [6, 6.07) is 9.05. The average molecular weight is 547 g/mol. The average Bonchev–Trinajstić information content (AvgIpc) is 3.58. The minimum Gasteiger partial charge on any atom is -0.352 e. The van der Waals surface area contributed by atoms with Gasteiger partial charge in [-0.15, -0.1) is 10.2 Å². The fourth-order valence-electron chi connectivity index (χ4n) is 4.73. The van der Waals surface area contributed by atoms with Gasteiger partial charge in [-0.2, -0.15) is 18.0 Å². The van der Waals surface area contributed by atoms with Gasteiger partial charge in [0, 0.05) is 11.7 Å². The summed E-state index contributed by atoms with van der Waals surface area (Å²) in [7, 11) is 0. The molecule has 39 heavy (non-hydrogen) atoms. The first-order valence-corrected chi connectivity index (χ1v) is 13.0. The summed E-state index contributed by atoms with van der Waals surface area (Å²) in [6.07, 6.45) is 0.475. The number of benzene rings is 2. The fraction of sp³-hybridized carbons (Fsp3) is 0.444. The second-order valence-corrected chi connectivity index (χ2v) is 9.58. The van der Waals surface area contributed by atoms with E-state index < -0.39 is 42.0 Å². The molecule has 2 aromatic carbocycles. The van der Waals surface area contributed by atoms with Gasteiger partial charge in [-0.1, -0.05) is 50.8 Å². The van der Waals surface area contributed by atoms with Gasteiger partial charge in [0.2, 0.25) is 11.7 Å². The Balaban J connectivity index is 1.67. The van der Waals surface area contributed by atoms with Crippen molar-refractivity contribution < 1.29 is 27.2 Å². The van der Waals surface area contributed by atoms with Crippen molar-refractivity contribution in [3.63, 3.8) is 0 Å². The first kappa shape index (κ1) is 28.2. The number of carbonyl (C=O) groups excluding carboxylic acids is 2. The summed E-state index contributed by atoms with van der Waals surface area (Å²) >= 11 is 0. The molecular formula is C27H30F4N6O2. The topological polar surface area (TPSA) is 93.0 Å². The number of aromatic nitrogens is 4. The minimum absolute atomic E-state index is 0.0413. The lowest BCUT2D eigenvalue weighted by Crippen LogP contribution is -2.52. The molecule has 0 spiro atoms. The van der Waals surface area contributed by atoms with Crippen LogP contribution in [0.15, 0.2) is 48.5 Å². The third-order valence-corrected chi connectivity index (χ3v) is 6.71. The van der Waals surface area contributed by atoms with Gasteiger partial charge in [-0.3, -0.25) is 14.5 Å². The molecule has 0 saturated heterocycles. The van der Waals surface area contributed by atoms with Gasteiger partial charge in [0.05, 0.1) is 11.1 Å². The van der Waals surface area contributed by atoms with E-state index in [0.29, 0.717) is 12.8 Å². The zero-order valence-electron chi connectivity index (χ0n) is 21.5. The van der Waals surface area contributed by atoms with Crippen LogP contribution in [-0.2, 0) is 22.3 Å². The number of nitrogens with one attached hydrogen (secondary N) is 1. The molecule has 1 aliphatic rings. The Labute approximate surface area is 223 Å². The molecule has 3 aromatic rings. The normalized spacial score (nSPS) is 14.8. The highest BCUT2D eigenvalue weighted by atomic mass is 19.4. The van der Waals surface area contributed by atoms with Gasteiger partial charge >= 0.3 is 6.18 Å². The van der Waals surface area contributed by atoms with Crippen LogP contribution < -0.4 is 10.2 Å². The number of halogens is 4. The molecule has 1 aliphatic carbocycles. The number of amides is 2. The van der Waals surface area contributed by atoms with E-state index in [1.807, 2.05) is 6.92 Å². The molecule has 0 aliphatic heterocycles. The fourth-order valence-corrected chi connectivity index (χ4v) is 4.73. The molecule has 8 nitrogen and oxygen atoms in total. The Morgan fingerprint density at radius 1 is 1.13 bits per heavy atom. The molecule has 1 fully saturated rings. The van der Waals surface area contributed by atoms with E-state index in [1.54, 1.807) is 6.07 Å². The predicted molar refractivity (Wildman–Crippen MR) is 136 cm³/mol. The van der Waals surface area contributed by atoms with Crippen LogP contribution in [0, 0.1) is 5.82 Å². The highest BCUT2D eigenvalue weighted by Crippen LogP contribution is 2.33. The standard InChI is InChI=1S/C27H30F4N6O2/c1-2-3-15-23(26(39)32-19-10-4-5-11-19)37(20-12-8-9-18(16-20)27(29,30)31)24(38)17-36-34-25(33-35-36)21-13-6-7-14-22(21)28/h6-9,12-14,16,19,23H,2-5,10-11,15,17H2,1H3,(H,32,39). The van der Waals surface area contributed by atoms with E-state index in [-0.39, 0.29) is 29.5 Å². The molecule has 2 amide bonds. The molecule has 1 aromatic heterocycles. The van der Waals surface area contributed by atoms with E-state index in [9.17, 15) is 27.2 Å². The summed E-state index contributed by atoms with van der Waals surface area (Å²) in [5.41, 5.74) is -0.918. The summed E-state index contributed by atoms with van der Waals surface area (Å²) in [5.74, 6) is -1.74. The molecule has 0 radical (unpaired) electrons. The Bertz CT molecular complexity index is 1290. The van der Waals surface area contributed by atoms with Crippen molar-refractivity contribution in [1.29, 1.82) is 0 Å². The highest BCUT2D eigenvalue weighted by Gasteiger charge is 2.35. The van der Waals surface area contributed by atoms with Crippen LogP contribution in [0.5, 0.6) is 0 Å². The molecular weight excluding hydrogens is 516 g/mol. The molecule has 1 unspecified atom stereocenters. The van der Waals surface area contributed by atoms with E-state index in [0.717, 1.165) is 47.5 Å². The predicted octanol–water partition coefficient (Wildman–Crippen LogP) is 5.15. The SMILES string of the molecule is CCCCC(C(=O)NC1CCCC1)N(C(=O)Cn1nnc(-c2ccccc2F)n1)c1cccc(C(F)(F)F)c1. The van der Waals surface area contributed by atoms with E-state index in [4.69, 9.17) is 0 Å². The molecule has 208 valence electrons. The Hall–Kier alpha value is -3.83. The van der Waals surface area contributed by atoms with Crippen molar-refractivity contribution in [3.8, 4) is 11.4 Å². The number of alkyl halides is 3. The number of hydrogen-bond donors (Lipinski definition) is 1. The third-order valence-electron chi connectivity index (χ3n) is 6.71. The Morgan fingerprint density at radius 2 is 1.87 bits per heavy atom. The second kappa shape index (κ2) is 12.4. The van der Waals surface area contributed by atoms with Gasteiger partial charge in [-0.05, 0) is 54.8 Å². The summed E-state index contributed by atoms with van der Waals surface area (Å²) in [5, 5.41) is 14.7. The maximum atomic E-state index is 14.2. The number of tetrazole rings is 1. The lowest BCUT2D eigenvalue weighted by Gasteiger charge is -2.32. The van der Waals surface area contributed by atoms with Crippen molar-refractivity contribution in [2.75, 3.05) is 4.90 Å². The number of nitrogens with zero attached hydrogens (tertiary/aromatic N) is 5. The van der Waals surface area contributed by atoms with Crippen LogP contribution in [0.2, 0.25) is 0 Å². The minimum atomic E-state index is -4.64. The zero-order valence-corrected chi connectivity index (χ0v) is 21.5. The highest BCUT2D eigenvalue weighted by molar-refractivity contribution is 6.00. The molecule has 1 saturated carbocycles. The van der Waals surface area contributed by atoms with Crippen LogP contribution in [0.1, 0.15) is 57.4 Å². The van der Waals surface area contributed by atoms with Crippen molar-refractivity contribution in [2.24, 2.45) is 0 Å². The second-order valence-electron chi connectivity index (χ2n) is 9.58. The molecule has 0 bridgehead atoms. The summed E-state index contributed by atoms with van der Waals surface area (Å²) in [6.45, 7) is 1.41. The van der Waals surface area contributed by atoms with E-state index in [2.05, 4.69) is 20.7 Å². The van der Waals surface area contributed by atoms with Gasteiger partial charge in [0.25, 0.3) is 5.91 Å². The number of unbranched alkanes of at least 4 members (excludes halogenated alkanes) is 1. The van der Waals surface area contributed by atoms with E-state index >= 15 is 0 Å². The zero-order chi connectivity index (χ0) is 28.0. The third kappa shape index (κ3) is 6.98. The number of hydrogen-bond acceptors (Lipinski definition) is 5. The van der Waals surface area contributed by atoms with Gasteiger partial charge < -0.3 is 5.32 Å². The number of carbonyl (C=O) groups is 2. The van der Waals surface area contributed by atoms with Crippen LogP contribution in [0.4, 0.5) is 23.2 Å². The van der Waals surface area contributed by atoms with Crippen molar-refractivity contribution >= 4 is 17.5 Å². The molecule has 1 atom stereocenters. The lowest BCUT2D eigenvalue weighted by atomic mass is 10.0. The molecule has 1 heterocycles. The quantitative estimate of drug-likeness (QED) is 0.355. The van der Waals surface area contributed by atoms with Gasteiger partial charge in [-0.25, -0.2) is 4.39 Å². The smallest absolute Gasteiger partial charge is 0.352 e. The molecule has 4 rings (SSSR count). The van der Waals surface area contributed by atoms with Crippen molar-refractivity contribution in [2.45, 2.75) is 76.7 Å². The Kier molecular flexibility index (Phi) is 8.93. The maximum Gasteiger partial charge on any atom is 0.416 e. The maximum absolute atomic E-state index is 14.2. The van der Waals surface area contributed by atoms with Gasteiger partial charge in [0.15, 0.2) is 0 Å². The summed E-state index contributed by atoms with van der Waals surface area (Å²) < 4.78 is 54.9. The molecule has 12 heteroatoms. The Morgan fingerprint density at radius 3 is 2.56 bits per heavy atom. The van der Waals surface area contributed by atoms with E-state index in [1.165, 1.54) is 30.3 Å². The van der Waals surface area contributed by atoms with Crippen molar-refractivity contribution in [1.82, 2.24) is 25.5 Å². The number of rotatable bonds is 10. The van der Waals surface area contributed by atoms with Crippen LogP contribution >= 0.6 is 0 Å². The first-order valence-electron chi connectivity index (χ1n) is 13.0.